The van der Waals surface area contributed by atoms with E-state index in [1.54, 1.807) is 0 Å². The second kappa shape index (κ2) is 6.36. The van der Waals surface area contributed by atoms with Crippen molar-refractivity contribution < 1.29 is 4.21 Å². The molecule has 20 heavy (non-hydrogen) atoms. The predicted octanol–water partition coefficient (Wildman–Crippen LogP) is 5.10. The van der Waals surface area contributed by atoms with E-state index in [0.29, 0.717) is 11.8 Å². The van der Waals surface area contributed by atoms with E-state index < -0.39 is 10.8 Å². The van der Waals surface area contributed by atoms with Gasteiger partial charge in [-0.1, -0.05) is 64.1 Å². The predicted molar refractivity (Wildman–Crippen MR) is 85.7 cm³/mol. The Morgan fingerprint density at radius 3 is 1.40 bits per heavy atom. The fourth-order valence-electron chi connectivity index (χ4n) is 2.37. The first-order chi connectivity index (χ1) is 9.52. The van der Waals surface area contributed by atoms with Crippen LogP contribution in [0.5, 0.6) is 0 Å². The number of rotatable bonds is 4. The molecule has 2 aromatic carbocycles. The average Bonchev–Trinajstić information content (AvgIpc) is 2.46. The van der Waals surface area contributed by atoms with Gasteiger partial charge in [0, 0.05) is 9.79 Å². The van der Waals surface area contributed by atoms with E-state index >= 15 is 0 Å². The number of hydrogen-bond acceptors (Lipinski definition) is 1. The van der Waals surface area contributed by atoms with Gasteiger partial charge >= 0.3 is 0 Å². The molecule has 0 N–H and O–H groups in total. The maximum atomic E-state index is 13.0. The van der Waals surface area contributed by atoms with E-state index in [0.717, 1.165) is 9.79 Å². The van der Waals surface area contributed by atoms with E-state index in [1.807, 2.05) is 36.4 Å². The lowest BCUT2D eigenvalue weighted by Gasteiger charge is -2.16. The normalized spacial score (nSPS) is 11.6. The highest BCUT2D eigenvalue weighted by Crippen LogP contribution is 2.30. The molecule has 0 radical (unpaired) electrons. The maximum absolute atomic E-state index is 13.0. The molecule has 0 heterocycles. The summed E-state index contributed by atoms with van der Waals surface area (Å²) in [5.41, 5.74) is 2.34. The molecule has 0 fully saturated rings. The Morgan fingerprint density at radius 2 is 1.05 bits per heavy atom. The SMILES string of the molecule is CC(C)c1ccccc1S(=O)c1ccccc1C(C)C. The summed E-state index contributed by atoms with van der Waals surface area (Å²) < 4.78 is 13.0. The molecule has 0 spiro atoms. The van der Waals surface area contributed by atoms with Crippen molar-refractivity contribution in [3.8, 4) is 0 Å². The highest BCUT2D eigenvalue weighted by molar-refractivity contribution is 7.85. The minimum absolute atomic E-state index is 0.376. The highest BCUT2D eigenvalue weighted by atomic mass is 32.2. The second-order valence-corrected chi connectivity index (χ2v) is 7.07. The Balaban J connectivity index is 2.53. The molecule has 2 heteroatoms. The van der Waals surface area contributed by atoms with Crippen LogP contribution in [0, 0.1) is 0 Å². The van der Waals surface area contributed by atoms with Crippen LogP contribution >= 0.6 is 0 Å². The van der Waals surface area contributed by atoms with E-state index in [1.165, 1.54) is 11.1 Å². The van der Waals surface area contributed by atoms with Crippen LogP contribution < -0.4 is 0 Å². The van der Waals surface area contributed by atoms with Crippen LogP contribution in [-0.2, 0) is 10.8 Å². The molecule has 0 unspecified atom stereocenters. The average molecular weight is 286 g/mol. The van der Waals surface area contributed by atoms with Crippen LogP contribution in [-0.4, -0.2) is 4.21 Å². The molecule has 0 aliphatic heterocycles. The molecule has 0 aliphatic carbocycles. The molecule has 0 aromatic heterocycles. The van der Waals surface area contributed by atoms with Gasteiger partial charge in [0.1, 0.15) is 0 Å². The van der Waals surface area contributed by atoms with E-state index in [-0.39, 0.29) is 0 Å². The van der Waals surface area contributed by atoms with Crippen LogP contribution in [0.4, 0.5) is 0 Å². The van der Waals surface area contributed by atoms with Gasteiger partial charge in [0.15, 0.2) is 0 Å². The lowest BCUT2D eigenvalue weighted by atomic mass is 10.0. The number of benzene rings is 2. The van der Waals surface area contributed by atoms with Crippen molar-refractivity contribution in [2.45, 2.75) is 49.3 Å². The Kier molecular flexibility index (Phi) is 4.77. The van der Waals surface area contributed by atoms with Gasteiger partial charge in [-0.2, -0.15) is 0 Å². The first kappa shape index (κ1) is 15.0. The first-order valence-electron chi connectivity index (χ1n) is 7.12. The molecule has 1 nitrogen and oxygen atoms in total. The van der Waals surface area contributed by atoms with Crippen molar-refractivity contribution in [3.05, 3.63) is 59.7 Å². The summed E-state index contributed by atoms with van der Waals surface area (Å²) in [4.78, 5) is 1.88. The summed E-state index contributed by atoms with van der Waals surface area (Å²) >= 11 is 0. The van der Waals surface area contributed by atoms with Crippen molar-refractivity contribution in [1.29, 1.82) is 0 Å². The Morgan fingerprint density at radius 1 is 0.700 bits per heavy atom. The zero-order chi connectivity index (χ0) is 14.7. The van der Waals surface area contributed by atoms with E-state index in [9.17, 15) is 4.21 Å². The fraction of sp³-hybridized carbons (Fsp3) is 0.333. The monoisotopic (exact) mass is 286 g/mol. The number of hydrogen-bond donors (Lipinski definition) is 0. The summed E-state index contributed by atoms with van der Waals surface area (Å²) in [7, 11) is -1.11. The molecule has 2 rings (SSSR count). The third-order valence-electron chi connectivity index (χ3n) is 3.48. The smallest absolute Gasteiger partial charge is 0.0855 e. The molecule has 0 saturated heterocycles. The minimum atomic E-state index is -1.11. The van der Waals surface area contributed by atoms with Crippen molar-refractivity contribution >= 4 is 10.8 Å². The maximum Gasteiger partial charge on any atom is 0.0855 e. The third-order valence-corrected chi connectivity index (χ3v) is 5.02. The molecule has 0 aliphatic rings. The molecule has 0 atom stereocenters. The molecular weight excluding hydrogens is 264 g/mol. The topological polar surface area (TPSA) is 17.1 Å². The van der Waals surface area contributed by atoms with E-state index in [4.69, 9.17) is 0 Å². The summed E-state index contributed by atoms with van der Waals surface area (Å²) in [6, 6.07) is 16.1. The third kappa shape index (κ3) is 3.01. The van der Waals surface area contributed by atoms with Gasteiger partial charge in [-0.3, -0.25) is 0 Å². The van der Waals surface area contributed by atoms with Crippen LogP contribution in [0.15, 0.2) is 58.3 Å². The van der Waals surface area contributed by atoms with Gasteiger partial charge < -0.3 is 0 Å². The van der Waals surface area contributed by atoms with Crippen LogP contribution in [0.2, 0.25) is 0 Å². The largest absolute Gasteiger partial charge is 0.249 e. The molecule has 0 amide bonds. The van der Waals surface area contributed by atoms with Gasteiger partial charge in [0.2, 0.25) is 0 Å². The molecular formula is C18H22OS. The Labute approximate surface area is 124 Å². The second-order valence-electron chi connectivity index (χ2n) is 5.65. The van der Waals surface area contributed by atoms with Gasteiger partial charge in [-0.15, -0.1) is 0 Å². The van der Waals surface area contributed by atoms with Crippen LogP contribution in [0.25, 0.3) is 0 Å². The van der Waals surface area contributed by atoms with Gasteiger partial charge in [0.05, 0.1) is 10.8 Å². The summed E-state index contributed by atoms with van der Waals surface area (Å²) in [5, 5.41) is 0. The summed E-state index contributed by atoms with van der Waals surface area (Å²) in [6.07, 6.45) is 0. The molecule has 2 aromatic rings. The highest BCUT2D eigenvalue weighted by Gasteiger charge is 2.17. The van der Waals surface area contributed by atoms with Crippen molar-refractivity contribution in [2.24, 2.45) is 0 Å². The van der Waals surface area contributed by atoms with Crippen LogP contribution in [0.1, 0.15) is 50.7 Å². The molecule has 106 valence electrons. The Hall–Kier alpha value is -1.41. The quantitative estimate of drug-likeness (QED) is 0.764. The lowest BCUT2D eigenvalue weighted by molar-refractivity contribution is 0.678. The molecule has 0 bridgehead atoms. The zero-order valence-corrected chi connectivity index (χ0v) is 13.4. The van der Waals surface area contributed by atoms with Gasteiger partial charge in [-0.25, -0.2) is 4.21 Å². The first-order valence-corrected chi connectivity index (χ1v) is 8.27. The summed E-state index contributed by atoms with van der Waals surface area (Å²) in [6.45, 7) is 8.57. The van der Waals surface area contributed by atoms with E-state index in [2.05, 4.69) is 39.8 Å². The van der Waals surface area contributed by atoms with Crippen molar-refractivity contribution in [3.63, 3.8) is 0 Å². The van der Waals surface area contributed by atoms with Crippen molar-refractivity contribution in [1.82, 2.24) is 0 Å². The van der Waals surface area contributed by atoms with Gasteiger partial charge in [-0.05, 0) is 35.1 Å². The zero-order valence-electron chi connectivity index (χ0n) is 12.6. The van der Waals surface area contributed by atoms with Crippen molar-refractivity contribution in [2.75, 3.05) is 0 Å². The Bertz CT molecular complexity index is 561. The standard InChI is InChI=1S/C18H22OS/c1-13(2)15-9-5-7-11-17(15)20(19)18-12-8-6-10-16(18)14(3)4/h5-14H,1-4H3. The minimum Gasteiger partial charge on any atom is -0.249 e. The lowest BCUT2D eigenvalue weighted by Crippen LogP contribution is -2.03. The van der Waals surface area contributed by atoms with Crippen LogP contribution in [0.3, 0.4) is 0 Å². The molecule has 0 saturated carbocycles. The summed E-state index contributed by atoms with van der Waals surface area (Å²) in [5.74, 6) is 0.753. The van der Waals surface area contributed by atoms with Gasteiger partial charge in [0.25, 0.3) is 0 Å². The fourth-order valence-corrected chi connectivity index (χ4v) is 4.05.